The van der Waals surface area contributed by atoms with Crippen molar-refractivity contribution in [3.05, 3.63) is 94.5 Å². The summed E-state index contributed by atoms with van der Waals surface area (Å²) in [5, 5.41) is 2.45. The number of hydrogen-bond donors (Lipinski definition) is 1. The third kappa shape index (κ3) is 6.58. The number of alkyl halides is 7. The fourth-order valence-corrected chi connectivity index (χ4v) is 4.20. The zero-order valence-electron chi connectivity index (χ0n) is 22.1. The van der Waals surface area contributed by atoms with Gasteiger partial charge in [-0.1, -0.05) is 36.4 Å². The Morgan fingerprint density at radius 2 is 1.29 bits per heavy atom. The highest BCUT2D eigenvalue weighted by Crippen LogP contribution is 2.53. The first-order chi connectivity index (χ1) is 19.0. The molecular weight excluding hydrogens is 557 g/mol. The fourth-order valence-electron chi connectivity index (χ4n) is 4.20. The van der Waals surface area contributed by atoms with E-state index < -0.39 is 35.4 Å². The van der Waals surface area contributed by atoms with Gasteiger partial charge in [-0.25, -0.2) is 4.39 Å². The fraction of sp³-hybridized carbons (Fsp3) is 0.276. The third-order valence-electron chi connectivity index (χ3n) is 6.32. The van der Waals surface area contributed by atoms with Crippen LogP contribution in [0.1, 0.15) is 50.8 Å². The van der Waals surface area contributed by atoms with Crippen LogP contribution < -0.4 is 10.2 Å². The molecule has 3 aromatic rings. The van der Waals surface area contributed by atoms with Gasteiger partial charge in [0, 0.05) is 41.0 Å². The van der Waals surface area contributed by atoms with Gasteiger partial charge in [-0.2, -0.15) is 26.3 Å². The van der Waals surface area contributed by atoms with Crippen molar-refractivity contribution >= 4 is 29.0 Å². The number of nitrogens with one attached hydrogen (secondary N) is 1. The minimum atomic E-state index is -6.28. The maximum Gasteiger partial charge on any atom is 0.435 e. The monoisotopic (exact) mass is 582 g/mol. The maximum absolute atomic E-state index is 14.6. The van der Waals surface area contributed by atoms with Crippen LogP contribution in [0, 0.1) is 13.8 Å². The lowest BCUT2D eigenvalue weighted by Gasteiger charge is -2.31. The summed E-state index contributed by atoms with van der Waals surface area (Å²) in [6.07, 6.45) is -12.5. The normalized spacial score (nSPS) is 12.1. The van der Waals surface area contributed by atoms with Gasteiger partial charge in [-0.15, -0.1) is 0 Å². The highest BCUT2D eigenvalue weighted by atomic mass is 19.4. The van der Waals surface area contributed by atoms with Gasteiger partial charge in [-0.05, 0) is 62.2 Å². The van der Waals surface area contributed by atoms with Gasteiger partial charge in [0.15, 0.2) is 0 Å². The van der Waals surface area contributed by atoms with Crippen molar-refractivity contribution in [3.63, 3.8) is 0 Å². The molecule has 0 heterocycles. The number of carbonyl (C=O) groups excluding carboxylic acids is 3. The number of rotatable bonds is 8. The Balaban J connectivity index is 1.96. The third-order valence-corrected chi connectivity index (χ3v) is 6.32. The summed E-state index contributed by atoms with van der Waals surface area (Å²) in [6, 6.07) is 14.7. The van der Waals surface area contributed by atoms with E-state index in [1.54, 1.807) is 30.3 Å². The molecule has 0 unspecified atom stereocenters. The van der Waals surface area contributed by atoms with Crippen LogP contribution in [0.15, 0.2) is 66.7 Å². The van der Waals surface area contributed by atoms with Gasteiger partial charge in [0.1, 0.15) is 5.78 Å². The van der Waals surface area contributed by atoms with Gasteiger partial charge >= 0.3 is 18.0 Å². The topological polar surface area (TPSA) is 66.5 Å². The molecule has 1 N–H and O–H groups in total. The molecule has 0 aliphatic heterocycles. The Morgan fingerprint density at radius 1 is 0.756 bits per heavy atom. The van der Waals surface area contributed by atoms with Gasteiger partial charge in [0.2, 0.25) is 0 Å². The second-order valence-electron chi connectivity index (χ2n) is 9.42. The molecule has 41 heavy (non-hydrogen) atoms. The standard InChI is InChI=1S/C29H25F7N2O3/c1-17-14-22(27(30,28(31,32)33)29(34,35)36)15-18(2)24(17)37-25(40)21-10-7-11-23(16-21)38(13-12-19(3)39)26(41)20-8-5-4-6-9-20/h4-11,14-16H,12-13H2,1-3H3,(H,37,40). The van der Waals surface area contributed by atoms with E-state index in [2.05, 4.69) is 5.32 Å². The number of halogens is 7. The SMILES string of the molecule is CC(=O)CCN(C(=O)c1ccccc1)c1cccc(C(=O)Nc2c(C)cc(C(F)(C(F)(F)F)C(F)(F)F)cc2C)c1. The Hall–Kier alpha value is -4.22. The Kier molecular flexibility index (Phi) is 8.95. The summed E-state index contributed by atoms with van der Waals surface area (Å²) in [5.41, 5.74) is -7.24. The van der Waals surface area contributed by atoms with Gasteiger partial charge in [0.25, 0.3) is 11.8 Å². The Bertz CT molecular complexity index is 1410. The molecule has 0 fully saturated rings. The second-order valence-corrected chi connectivity index (χ2v) is 9.42. The van der Waals surface area contributed by atoms with E-state index in [-0.39, 0.29) is 46.8 Å². The molecule has 218 valence electrons. The van der Waals surface area contributed by atoms with Crippen LogP contribution in [0.5, 0.6) is 0 Å². The molecule has 0 saturated carbocycles. The summed E-state index contributed by atoms with van der Waals surface area (Å²) in [5.74, 6) is -1.40. The van der Waals surface area contributed by atoms with Crippen LogP contribution in [0.3, 0.4) is 0 Å². The number of carbonyl (C=O) groups is 3. The molecule has 0 radical (unpaired) electrons. The average Bonchev–Trinajstić information content (AvgIpc) is 2.89. The van der Waals surface area contributed by atoms with Crippen molar-refractivity contribution in [3.8, 4) is 0 Å². The molecule has 12 heteroatoms. The van der Waals surface area contributed by atoms with Crippen molar-refractivity contribution < 1.29 is 45.1 Å². The lowest BCUT2D eigenvalue weighted by atomic mass is 9.90. The van der Waals surface area contributed by atoms with Gasteiger partial charge in [-0.3, -0.25) is 14.4 Å². The number of ketones is 1. The molecule has 0 saturated heterocycles. The van der Waals surface area contributed by atoms with E-state index >= 15 is 0 Å². The maximum atomic E-state index is 14.6. The highest BCUT2D eigenvalue weighted by molar-refractivity contribution is 6.09. The number of nitrogens with zero attached hydrogens (tertiary/aromatic N) is 1. The van der Waals surface area contributed by atoms with Crippen LogP contribution in [0.2, 0.25) is 0 Å². The predicted octanol–water partition coefficient (Wildman–Crippen LogP) is 7.47. The minimum Gasteiger partial charge on any atom is -0.322 e. The second kappa shape index (κ2) is 11.7. The summed E-state index contributed by atoms with van der Waals surface area (Å²) < 4.78 is 94.0. The predicted molar refractivity (Wildman–Crippen MR) is 139 cm³/mol. The van der Waals surface area contributed by atoms with Crippen molar-refractivity contribution in [1.29, 1.82) is 0 Å². The summed E-state index contributed by atoms with van der Waals surface area (Å²) in [6.45, 7) is 3.65. The quantitative estimate of drug-likeness (QED) is 0.280. The molecule has 2 amide bonds. The van der Waals surface area contributed by atoms with Gasteiger partial charge in [0.05, 0.1) is 0 Å². The number of aryl methyl sites for hydroxylation is 2. The van der Waals surface area contributed by atoms with Crippen LogP contribution in [-0.4, -0.2) is 36.5 Å². The Labute approximate surface area is 231 Å². The average molecular weight is 583 g/mol. The summed E-state index contributed by atoms with van der Waals surface area (Å²) in [7, 11) is 0. The van der Waals surface area contributed by atoms with E-state index in [4.69, 9.17) is 0 Å². The first-order valence-corrected chi connectivity index (χ1v) is 12.2. The Morgan fingerprint density at radius 3 is 1.80 bits per heavy atom. The molecule has 0 aliphatic carbocycles. The molecule has 0 aliphatic rings. The molecule has 3 aromatic carbocycles. The van der Waals surface area contributed by atoms with E-state index in [9.17, 15) is 45.1 Å². The van der Waals surface area contributed by atoms with E-state index in [1.165, 1.54) is 36.1 Å². The molecule has 3 rings (SSSR count). The van der Waals surface area contributed by atoms with Crippen LogP contribution in [0.25, 0.3) is 0 Å². The highest BCUT2D eigenvalue weighted by Gasteiger charge is 2.73. The van der Waals surface area contributed by atoms with E-state index in [1.807, 2.05) is 0 Å². The molecule has 5 nitrogen and oxygen atoms in total. The van der Waals surface area contributed by atoms with Crippen LogP contribution in [0.4, 0.5) is 42.1 Å². The lowest BCUT2D eigenvalue weighted by Crippen LogP contribution is -2.50. The molecule has 0 atom stereocenters. The molecule has 0 aromatic heterocycles. The first-order valence-electron chi connectivity index (χ1n) is 12.2. The van der Waals surface area contributed by atoms with E-state index in [0.29, 0.717) is 17.7 Å². The minimum absolute atomic E-state index is 0.00415. The largest absolute Gasteiger partial charge is 0.435 e. The smallest absolute Gasteiger partial charge is 0.322 e. The van der Waals surface area contributed by atoms with Crippen LogP contribution >= 0.6 is 0 Å². The number of Topliss-reactive ketones (excluding diaryl/α,β-unsaturated/α-hetero) is 1. The number of amides is 2. The summed E-state index contributed by atoms with van der Waals surface area (Å²) in [4.78, 5) is 39.2. The first kappa shape index (κ1) is 31.3. The molecule has 0 spiro atoms. The van der Waals surface area contributed by atoms with Gasteiger partial charge < -0.3 is 10.2 Å². The molecular formula is C29H25F7N2O3. The van der Waals surface area contributed by atoms with Crippen molar-refractivity contribution in [2.45, 2.75) is 45.2 Å². The zero-order valence-corrected chi connectivity index (χ0v) is 22.1. The number of benzene rings is 3. The zero-order chi connectivity index (χ0) is 30.8. The summed E-state index contributed by atoms with van der Waals surface area (Å²) >= 11 is 0. The number of anilines is 2. The van der Waals surface area contributed by atoms with Crippen molar-refractivity contribution in [2.75, 3.05) is 16.8 Å². The molecule has 0 bridgehead atoms. The van der Waals surface area contributed by atoms with Crippen molar-refractivity contribution in [2.24, 2.45) is 0 Å². The lowest BCUT2D eigenvalue weighted by molar-refractivity contribution is -0.348. The van der Waals surface area contributed by atoms with Crippen molar-refractivity contribution in [1.82, 2.24) is 0 Å². The van der Waals surface area contributed by atoms with Crippen LogP contribution in [-0.2, 0) is 10.5 Å². The number of hydrogen-bond acceptors (Lipinski definition) is 3. The van der Waals surface area contributed by atoms with E-state index in [0.717, 1.165) is 13.8 Å².